The summed E-state index contributed by atoms with van der Waals surface area (Å²) in [6.45, 7) is 1.19. The third-order valence-electron chi connectivity index (χ3n) is 3.40. The summed E-state index contributed by atoms with van der Waals surface area (Å²) >= 11 is 1.49. The van der Waals surface area contributed by atoms with Crippen LogP contribution in [0.5, 0.6) is 0 Å². The van der Waals surface area contributed by atoms with Crippen molar-refractivity contribution in [3.05, 3.63) is 11.3 Å². The van der Waals surface area contributed by atoms with Crippen molar-refractivity contribution in [3.8, 4) is 0 Å². The molecule has 0 aromatic carbocycles. The molecule has 0 bridgehead atoms. The van der Waals surface area contributed by atoms with E-state index >= 15 is 0 Å². The second-order valence-electron chi connectivity index (χ2n) is 5.48. The molecule has 0 unspecified atom stereocenters. The van der Waals surface area contributed by atoms with E-state index in [1.54, 1.807) is 0 Å². The molecule has 0 aliphatic carbocycles. The van der Waals surface area contributed by atoms with Crippen LogP contribution in [0.15, 0.2) is 11.3 Å². The van der Waals surface area contributed by atoms with Gasteiger partial charge in [0.15, 0.2) is 0 Å². The highest BCUT2D eigenvalue weighted by Crippen LogP contribution is 2.39. The van der Waals surface area contributed by atoms with Crippen LogP contribution in [-0.4, -0.2) is 62.6 Å². The molecule has 0 spiro atoms. The molecule has 1 saturated heterocycles. The van der Waals surface area contributed by atoms with Crippen molar-refractivity contribution in [2.24, 2.45) is 5.73 Å². The molecule has 2 aliphatic rings. The third-order valence-corrected chi connectivity index (χ3v) is 4.68. The van der Waals surface area contributed by atoms with E-state index in [1.165, 1.54) is 23.6 Å². The summed E-state index contributed by atoms with van der Waals surface area (Å²) in [7, 11) is 0. The standard InChI is InChI=1S/C10H11NO5S.C5H9NO3/c1-5(12)16-3-6-4-17-8-2-7(13)11(8)9(6)10(14)15;6-4(7)2-1-3-5(8)9/h8H,2-4H2,1H3,(H,14,15);1-3H2,(H2,6,7)(H,8,9)/t8-;/m1./s1. The highest BCUT2D eigenvalue weighted by molar-refractivity contribution is 8.00. The Kier molecular flexibility index (Phi) is 8.10. The smallest absolute Gasteiger partial charge is 0.352 e. The number of β-lactam (4-membered cyclic amide) rings is 1. The van der Waals surface area contributed by atoms with Gasteiger partial charge < -0.3 is 20.7 Å². The molecule has 2 amide bonds. The number of nitrogens with zero attached hydrogens (tertiary/aromatic N) is 1. The molecule has 0 radical (unpaired) electrons. The molecule has 1 atom stereocenters. The van der Waals surface area contributed by atoms with E-state index in [9.17, 15) is 24.0 Å². The van der Waals surface area contributed by atoms with Crippen molar-refractivity contribution in [2.45, 2.75) is 38.0 Å². The number of primary amides is 1. The fourth-order valence-electron chi connectivity index (χ4n) is 2.19. The molecule has 10 nitrogen and oxygen atoms in total. The Morgan fingerprint density at radius 2 is 1.92 bits per heavy atom. The number of rotatable bonds is 7. The predicted molar refractivity (Wildman–Crippen MR) is 89.7 cm³/mol. The lowest BCUT2D eigenvalue weighted by atomic mass is 10.1. The number of hydrogen-bond donors (Lipinski definition) is 3. The molecule has 0 aromatic rings. The predicted octanol–water partition coefficient (Wildman–Crippen LogP) is -0.0800. The van der Waals surface area contributed by atoms with Crippen LogP contribution in [0.3, 0.4) is 0 Å². The van der Waals surface area contributed by atoms with Gasteiger partial charge in [-0.25, -0.2) is 4.79 Å². The van der Waals surface area contributed by atoms with E-state index < -0.39 is 23.8 Å². The molecule has 11 heteroatoms. The third kappa shape index (κ3) is 6.39. The van der Waals surface area contributed by atoms with Gasteiger partial charge in [0.05, 0.1) is 11.8 Å². The molecule has 2 heterocycles. The number of carbonyl (C=O) groups excluding carboxylic acids is 3. The molecular formula is C15H20N2O8S. The molecule has 26 heavy (non-hydrogen) atoms. The lowest BCUT2D eigenvalue weighted by Gasteiger charge is -2.43. The Morgan fingerprint density at radius 3 is 2.38 bits per heavy atom. The van der Waals surface area contributed by atoms with Gasteiger partial charge in [0.2, 0.25) is 11.8 Å². The summed E-state index contributed by atoms with van der Waals surface area (Å²) < 4.78 is 4.79. The average Bonchev–Trinajstić information content (AvgIpc) is 2.51. The van der Waals surface area contributed by atoms with Crippen molar-refractivity contribution >= 4 is 41.5 Å². The van der Waals surface area contributed by atoms with E-state index in [0.29, 0.717) is 24.2 Å². The van der Waals surface area contributed by atoms with E-state index in [-0.39, 0.29) is 36.4 Å². The van der Waals surface area contributed by atoms with E-state index in [2.05, 4.69) is 0 Å². The number of carboxylic acid groups (broad SMARTS) is 2. The van der Waals surface area contributed by atoms with Crippen molar-refractivity contribution in [2.75, 3.05) is 12.4 Å². The Hall–Kier alpha value is -2.56. The minimum absolute atomic E-state index is 0.0168. The number of carboxylic acids is 2. The van der Waals surface area contributed by atoms with Crippen LogP contribution < -0.4 is 5.73 Å². The summed E-state index contributed by atoms with van der Waals surface area (Å²) in [6, 6.07) is 0. The first-order valence-corrected chi connectivity index (χ1v) is 8.70. The number of ether oxygens (including phenoxy) is 1. The van der Waals surface area contributed by atoms with Gasteiger partial charge in [-0.1, -0.05) is 0 Å². The molecule has 2 rings (SSSR count). The van der Waals surface area contributed by atoms with Crippen molar-refractivity contribution in [1.29, 1.82) is 0 Å². The van der Waals surface area contributed by atoms with Gasteiger partial charge in [0.1, 0.15) is 12.3 Å². The number of aliphatic carboxylic acids is 2. The molecule has 2 aliphatic heterocycles. The van der Waals surface area contributed by atoms with Crippen LogP contribution >= 0.6 is 11.8 Å². The Balaban J connectivity index is 0.000000321. The molecule has 144 valence electrons. The van der Waals surface area contributed by atoms with E-state index in [1.807, 2.05) is 0 Å². The zero-order valence-corrected chi connectivity index (χ0v) is 14.9. The number of amides is 2. The molecule has 1 fully saturated rings. The first-order valence-electron chi connectivity index (χ1n) is 7.66. The molecule has 4 N–H and O–H groups in total. The second kappa shape index (κ2) is 9.80. The van der Waals surface area contributed by atoms with E-state index in [0.717, 1.165) is 0 Å². The molecular weight excluding hydrogens is 368 g/mol. The quantitative estimate of drug-likeness (QED) is 0.399. The largest absolute Gasteiger partial charge is 0.481 e. The molecule has 0 aromatic heterocycles. The Labute approximate surface area is 153 Å². The normalized spacial score (nSPS) is 18.1. The summed E-state index contributed by atoms with van der Waals surface area (Å²) in [5, 5.41) is 17.1. The lowest BCUT2D eigenvalue weighted by Crippen LogP contribution is -2.54. The zero-order valence-electron chi connectivity index (χ0n) is 14.1. The number of hydrogen-bond acceptors (Lipinski definition) is 7. The first kappa shape index (κ1) is 21.5. The minimum Gasteiger partial charge on any atom is -0.481 e. The summed E-state index contributed by atoms with van der Waals surface area (Å²) in [5.74, 6) is -2.68. The number of carbonyl (C=O) groups is 5. The highest BCUT2D eigenvalue weighted by Gasteiger charge is 2.45. The van der Waals surface area contributed by atoms with Crippen molar-refractivity contribution in [1.82, 2.24) is 4.90 Å². The topological polar surface area (TPSA) is 164 Å². The van der Waals surface area contributed by atoms with Crippen LogP contribution in [0.2, 0.25) is 0 Å². The number of esters is 1. The van der Waals surface area contributed by atoms with Crippen molar-refractivity contribution in [3.63, 3.8) is 0 Å². The molecule has 0 saturated carbocycles. The summed E-state index contributed by atoms with van der Waals surface area (Å²) in [6.07, 6.45) is 0.891. The summed E-state index contributed by atoms with van der Waals surface area (Å²) in [4.78, 5) is 54.3. The average molecular weight is 388 g/mol. The number of nitrogens with two attached hydrogens (primary N) is 1. The van der Waals surface area contributed by atoms with Crippen LogP contribution in [0, 0.1) is 0 Å². The number of thioether (sulfide) groups is 1. The van der Waals surface area contributed by atoms with Crippen LogP contribution in [0.1, 0.15) is 32.6 Å². The minimum atomic E-state index is -1.15. The highest BCUT2D eigenvalue weighted by atomic mass is 32.2. The maximum Gasteiger partial charge on any atom is 0.352 e. The number of fused-ring (bicyclic) bond motifs is 1. The van der Waals surface area contributed by atoms with Gasteiger partial charge in [-0.05, 0) is 6.42 Å². The lowest BCUT2D eigenvalue weighted by molar-refractivity contribution is -0.146. The van der Waals surface area contributed by atoms with Crippen LogP contribution in [0.25, 0.3) is 0 Å². The monoisotopic (exact) mass is 388 g/mol. The Bertz CT molecular complexity index is 632. The Morgan fingerprint density at radius 1 is 1.27 bits per heavy atom. The van der Waals surface area contributed by atoms with Crippen LogP contribution in [0.4, 0.5) is 0 Å². The second-order valence-corrected chi connectivity index (χ2v) is 6.65. The summed E-state index contributed by atoms with van der Waals surface area (Å²) in [5.41, 5.74) is 5.20. The maximum atomic E-state index is 11.4. The van der Waals surface area contributed by atoms with Gasteiger partial charge in [0.25, 0.3) is 0 Å². The van der Waals surface area contributed by atoms with Gasteiger partial charge >= 0.3 is 17.9 Å². The maximum absolute atomic E-state index is 11.4. The van der Waals surface area contributed by atoms with Crippen molar-refractivity contribution < 1.29 is 38.9 Å². The van der Waals surface area contributed by atoms with Gasteiger partial charge in [0, 0.05) is 31.1 Å². The van der Waals surface area contributed by atoms with Gasteiger partial charge in [-0.3, -0.25) is 24.1 Å². The van der Waals surface area contributed by atoms with Gasteiger partial charge in [-0.15, -0.1) is 11.8 Å². The first-order chi connectivity index (χ1) is 12.1. The fraction of sp³-hybridized carbons (Fsp3) is 0.533. The fourth-order valence-corrected chi connectivity index (χ4v) is 3.44. The SMILES string of the molecule is CC(=O)OCC1=C(C(=O)O)N2C(=O)C[C@H]2SC1.NC(=O)CCCC(=O)O. The van der Waals surface area contributed by atoms with Gasteiger partial charge in [-0.2, -0.15) is 0 Å². The zero-order chi connectivity index (χ0) is 19.9. The van der Waals surface area contributed by atoms with E-state index in [4.69, 9.17) is 20.7 Å². The van der Waals surface area contributed by atoms with Crippen LogP contribution in [-0.2, 0) is 28.7 Å².